The van der Waals surface area contributed by atoms with Crippen LogP contribution in [0.3, 0.4) is 0 Å². The number of nitriles is 1. The van der Waals surface area contributed by atoms with E-state index in [0.717, 1.165) is 57.3 Å². The molecule has 0 aliphatic heterocycles. The van der Waals surface area contributed by atoms with Crippen LogP contribution in [0, 0.1) is 28.6 Å². The highest BCUT2D eigenvalue weighted by Crippen LogP contribution is 2.50. The summed E-state index contributed by atoms with van der Waals surface area (Å²) in [6.45, 7) is 8.75. The van der Waals surface area contributed by atoms with E-state index in [2.05, 4.69) is 33.8 Å². The lowest BCUT2D eigenvalue weighted by Crippen LogP contribution is -2.49. The van der Waals surface area contributed by atoms with E-state index in [0.29, 0.717) is 5.92 Å². The average molecular weight is 265 g/mol. The Morgan fingerprint density at radius 2 is 1.68 bits per heavy atom. The molecule has 0 aromatic heterocycles. The van der Waals surface area contributed by atoms with E-state index < -0.39 is 11.0 Å². The molecule has 0 unspecified atom stereocenters. The summed E-state index contributed by atoms with van der Waals surface area (Å²) in [6, 6.07) is 2.54. The van der Waals surface area contributed by atoms with Crippen LogP contribution in [0.4, 0.5) is 0 Å². The predicted molar refractivity (Wildman–Crippen MR) is 79.6 cm³/mol. The molecule has 1 N–H and O–H groups in total. The summed E-state index contributed by atoms with van der Waals surface area (Å²) >= 11 is 0. The first kappa shape index (κ1) is 16.5. The van der Waals surface area contributed by atoms with Crippen LogP contribution in [-0.2, 0) is 0 Å². The predicted octanol–water partition coefficient (Wildman–Crippen LogP) is 4.67. The van der Waals surface area contributed by atoms with Crippen LogP contribution in [0.2, 0.25) is 0 Å². The van der Waals surface area contributed by atoms with Gasteiger partial charge in [0.05, 0.1) is 17.1 Å². The van der Waals surface area contributed by atoms with Gasteiger partial charge in [0.2, 0.25) is 0 Å². The van der Waals surface area contributed by atoms with Crippen molar-refractivity contribution in [3.8, 4) is 6.07 Å². The van der Waals surface area contributed by atoms with Crippen molar-refractivity contribution < 1.29 is 5.11 Å². The highest BCUT2D eigenvalue weighted by atomic mass is 16.3. The summed E-state index contributed by atoms with van der Waals surface area (Å²) in [6.07, 6.45) is 7.39. The van der Waals surface area contributed by atoms with Crippen molar-refractivity contribution in [3.63, 3.8) is 0 Å². The van der Waals surface area contributed by atoms with Crippen LogP contribution >= 0.6 is 0 Å². The summed E-state index contributed by atoms with van der Waals surface area (Å²) < 4.78 is 0. The Hall–Kier alpha value is -0.550. The molecule has 0 aromatic rings. The van der Waals surface area contributed by atoms with Crippen LogP contribution in [-0.4, -0.2) is 10.7 Å². The zero-order valence-electron chi connectivity index (χ0n) is 13.2. The summed E-state index contributed by atoms with van der Waals surface area (Å²) in [4.78, 5) is 0. The molecule has 0 heterocycles. The molecule has 1 fully saturated rings. The van der Waals surface area contributed by atoms with E-state index in [1.807, 2.05) is 0 Å². The fourth-order valence-electron chi connectivity index (χ4n) is 3.91. The monoisotopic (exact) mass is 265 g/mol. The minimum absolute atomic E-state index is 0.496. The first-order valence-electron chi connectivity index (χ1n) is 8.08. The highest BCUT2D eigenvalue weighted by molar-refractivity contribution is 5.13. The largest absolute Gasteiger partial charge is 0.388 e. The number of rotatable bonds is 6. The van der Waals surface area contributed by atoms with Crippen LogP contribution < -0.4 is 0 Å². The lowest BCUT2D eigenvalue weighted by molar-refractivity contribution is -0.0928. The molecule has 1 aliphatic rings. The Kier molecular flexibility index (Phi) is 5.86. The third-order valence-electron chi connectivity index (χ3n) is 5.26. The van der Waals surface area contributed by atoms with Gasteiger partial charge >= 0.3 is 0 Å². The second-order valence-electron chi connectivity index (χ2n) is 6.81. The van der Waals surface area contributed by atoms with Crippen molar-refractivity contribution in [1.29, 1.82) is 5.26 Å². The molecule has 0 radical (unpaired) electrons. The Balaban J connectivity index is 2.89. The fourth-order valence-corrected chi connectivity index (χ4v) is 3.91. The maximum Gasteiger partial charge on any atom is 0.0860 e. The van der Waals surface area contributed by atoms with Gasteiger partial charge in [-0.3, -0.25) is 0 Å². The number of aliphatic hydroxyl groups is 1. The molecule has 0 spiro atoms. The molecule has 0 saturated heterocycles. The van der Waals surface area contributed by atoms with Crippen LogP contribution in [0.15, 0.2) is 0 Å². The van der Waals surface area contributed by atoms with Gasteiger partial charge in [0.25, 0.3) is 0 Å². The zero-order chi connectivity index (χ0) is 14.5. The van der Waals surface area contributed by atoms with E-state index in [4.69, 9.17) is 0 Å². The molecular formula is C17H31NO. The van der Waals surface area contributed by atoms with E-state index in [1.165, 1.54) is 0 Å². The van der Waals surface area contributed by atoms with Crippen molar-refractivity contribution in [2.45, 2.75) is 84.7 Å². The Morgan fingerprint density at radius 3 is 2.00 bits per heavy atom. The molecule has 1 saturated carbocycles. The number of hydrogen-bond acceptors (Lipinski definition) is 2. The number of hydrogen-bond donors (Lipinski definition) is 1. The van der Waals surface area contributed by atoms with Gasteiger partial charge in [-0.15, -0.1) is 0 Å². The van der Waals surface area contributed by atoms with E-state index in [9.17, 15) is 10.4 Å². The van der Waals surface area contributed by atoms with Crippen LogP contribution in [0.5, 0.6) is 0 Å². The molecule has 19 heavy (non-hydrogen) atoms. The topological polar surface area (TPSA) is 44.0 Å². The highest BCUT2D eigenvalue weighted by Gasteiger charge is 2.51. The fraction of sp³-hybridized carbons (Fsp3) is 0.941. The second-order valence-corrected chi connectivity index (χ2v) is 6.81. The minimum atomic E-state index is -0.771. The van der Waals surface area contributed by atoms with Gasteiger partial charge in [0.15, 0.2) is 0 Å². The molecule has 2 heteroatoms. The van der Waals surface area contributed by atoms with Gasteiger partial charge < -0.3 is 5.11 Å². The molecule has 2 nitrogen and oxygen atoms in total. The van der Waals surface area contributed by atoms with Gasteiger partial charge in [-0.05, 0) is 50.4 Å². The lowest BCUT2D eigenvalue weighted by Gasteiger charge is -2.47. The minimum Gasteiger partial charge on any atom is -0.388 e. The second kappa shape index (κ2) is 6.75. The van der Waals surface area contributed by atoms with Gasteiger partial charge in [-0.1, -0.05) is 40.5 Å². The summed E-state index contributed by atoms with van der Waals surface area (Å²) in [7, 11) is 0. The lowest BCUT2D eigenvalue weighted by atomic mass is 9.58. The molecule has 1 rings (SSSR count). The van der Waals surface area contributed by atoms with E-state index in [-0.39, 0.29) is 0 Å². The smallest absolute Gasteiger partial charge is 0.0860 e. The molecule has 0 aromatic carbocycles. The summed E-state index contributed by atoms with van der Waals surface area (Å²) in [5.41, 5.74) is -1.27. The van der Waals surface area contributed by atoms with E-state index >= 15 is 0 Å². The zero-order valence-corrected chi connectivity index (χ0v) is 13.2. The maximum absolute atomic E-state index is 11.1. The molecule has 1 aliphatic carbocycles. The average Bonchev–Trinajstić information content (AvgIpc) is 2.39. The number of nitrogens with zero attached hydrogens (tertiary/aromatic N) is 1. The van der Waals surface area contributed by atoms with Gasteiger partial charge in [-0.2, -0.15) is 5.26 Å². The third-order valence-corrected chi connectivity index (χ3v) is 5.26. The Labute approximate surface area is 119 Å². The van der Waals surface area contributed by atoms with Crippen molar-refractivity contribution in [2.24, 2.45) is 17.3 Å². The Bertz CT molecular complexity index is 302. The molecule has 0 atom stereocenters. The molecule has 0 amide bonds. The van der Waals surface area contributed by atoms with E-state index in [1.54, 1.807) is 0 Å². The Morgan fingerprint density at radius 1 is 1.21 bits per heavy atom. The summed E-state index contributed by atoms with van der Waals surface area (Å²) in [5, 5.41) is 20.8. The summed E-state index contributed by atoms with van der Waals surface area (Å²) in [5.74, 6) is 1.43. The normalized spacial score (nSPS) is 28.4. The van der Waals surface area contributed by atoms with Crippen molar-refractivity contribution in [2.75, 3.05) is 0 Å². The standard InChI is InChI=1S/C17H31NO/c1-5-9-17(19,10-6-2)16(13-18)11-7-15(8-12-16)14(3)4/h14-15,19H,5-12H2,1-4H3. The first-order valence-corrected chi connectivity index (χ1v) is 8.08. The quantitative estimate of drug-likeness (QED) is 0.758. The van der Waals surface area contributed by atoms with Crippen molar-refractivity contribution >= 4 is 0 Å². The molecule has 0 bridgehead atoms. The molecular weight excluding hydrogens is 234 g/mol. The molecule has 110 valence electrons. The SMILES string of the molecule is CCCC(O)(CCC)C1(C#N)CCC(C(C)C)CC1. The maximum atomic E-state index is 11.1. The van der Waals surface area contributed by atoms with Crippen LogP contribution in [0.25, 0.3) is 0 Å². The van der Waals surface area contributed by atoms with Crippen LogP contribution in [0.1, 0.15) is 79.1 Å². The van der Waals surface area contributed by atoms with Gasteiger partial charge in [0.1, 0.15) is 0 Å². The van der Waals surface area contributed by atoms with Gasteiger partial charge in [0, 0.05) is 0 Å². The van der Waals surface area contributed by atoms with Gasteiger partial charge in [-0.25, -0.2) is 0 Å². The third kappa shape index (κ3) is 3.31. The van der Waals surface area contributed by atoms with Crippen molar-refractivity contribution in [3.05, 3.63) is 0 Å². The van der Waals surface area contributed by atoms with Crippen molar-refractivity contribution in [1.82, 2.24) is 0 Å². The first-order chi connectivity index (χ1) is 8.94.